The molecule has 3 aromatic heterocycles. The predicted molar refractivity (Wildman–Crippen MR) is 133 cm³/mol. The minimum absolute atomic E-state index is 0.0891. The molecular formula is C25H22N6O3S. The van der Waals surface area contributed by atoms with Crippen LogP contribution in [0.2, 0.25) is 0 Å². The minimum Gasteiger partial charge on any atom is -0.312 e. The zero-order chi connectivity index (χ0) is 23.9. The molecule has 1 atom stereocenters. The Morgan fingerprint density at radius 3 is 2.77 bits per heavy atom. The predicted octanol–water partition coefficient (Wildman–Crippen LogP) is 3.16. The number of anilines is 2. The molecule has 6 rings (SSSR count). The van der Waals surface area contributed by atoms with Crippen LogP contribution < -0.4 is 15.8 Å². The number of nitrogens with zero attached hydrogens (tertiary/aromatic N) is 4. The highest BCUT2D eigenvalue weighted by Crippen LogP contribution is 2.30. The van der Waals surface area contributed by atoms with Crippen LogP contribution in [0.25, 0.3) is 16.5 Å². The number of carbonyl (C=O) groups excluding carboxylic acids is 2. The van der Waals surface area contributed by atoms with Gasteiger partial charge in [0.2, 0.25) is 17.8 Å². The standard InChI is InChI=1S/C25H22N6O3S/c32-22-12-15(14-30(22)16-6-2-1-3-7-16)23(33)27-21-13-19(20-10-5-11-35-20)29-31(21)25-26-18-9-4-8-17(18)24(34)28-25/h1-3,5-7,10-11,13,15H,4,8-9,12,14H2,(H,27,33)(H,26,28,34). The molecule has 1 aromatic carbocycles. The van der Waals surface area contributed by atoms with E-state index in [2.05, 4.69) is 20.4 Å². The number of aryl methyl sites for hydroxylation is 1. The Morgan fingerprint density at radius 1 is 1.11 bits per heavy atom. The molecule has 2 amide bonds. The molecular weight excluding hydrogens is 464 g/mol. The fourth-order valence-electron chi connectivity index (χ4n) is 4.67. The Hall–Kier alpha value is -4.05. The molecule has 1 saturated heterocycles. The van der Waals surface area contributed by atoms with Crippen molar-refractivity contribution in [3.05, 3.63) is 75.5 Å². The Bertz CT molecular complexity index is 1470. The first-order valence-electron chi connectivity index (χ1n) is 11.5. The van der Waals surface area contributed by atoms with Crippen molar-refractivity contribution in [2.45, 2.75) is 25.7 Å². The molecule has 0 bridgehead atoms. The van der Waals surface area contributed by atoms with Gasteiger partial charge in [0.15, 0.2) is 0 Å². The monoisotopic (exact) mass is 486 g/mol. The third kappa shape index (κ3) is 3.95. The van der Waals surface area contributed by atoms with Crippen LogP contribution >= 0.6 is 11.3 Å². The average Bonchev–Trinajstić information content (AvgIpc) is 3.65. The van der Waals surface area contributed by atoms with E-state index in [9.17, 15) is 14.4 Å². The number of nitrogens with one attached hydrogen (secondary N) is 2. The van der Waals surface area contributed by atoms with Gasteiger partial charge in [-0.3, -0.25) is 19.4 Å². The van der Waals surface area contributed by atoms with Gasteiger partial charge in [0.1, 0.15) is 11.5 Å². The second-order valence-electron chi connectivity index (χ2n) is 8.70. The highest BCUT2D eigenvalue weighted by molar-refractivity contribution is 7.13. The number of aromatic amines is 1. The molecule has 4 aromatic rings. The summed E-state index contributed by atoms with van der Waals surface area (Å²) >= 11 is 1.53. The van der Waals surface area contributed by atoms with E-state index in [0.717, 1.165) is 34.7 Å². The smallest absolute Gasteiger partial charge is 0.255 e. The SMILES string of the molecule is O=C(Nc1cc(-c2cccs2)nn1-c1nc2c(c(=O)[nH]1)CCC2)C1CC(=O)N(c2ccccc2)C1. The van der Waals surface area contributed by atoms with Crippen LogP contribution in [0.3, 0.4) is 0 Å². The summed E-state index contributed by atoms with van der Waals surface area (Å²) in [5.41, 5.74) is 2.75. The van der Waals surface area contributed by atoms with Gasteiger partial charge in [-0.15, -0.1) is 11.3 Å². The Labute approximate surface area is 204 Å². The van der Waals surface area contributed by atoms with Crippen molar-refractivity contribution in [1.82, 2.24) is 19.7 Å². The molecule has 4 heterocycles. The number of amides is 2. The van der Waals surface area contributed by atoms with E-state index in [1.54, 1.807) is 11.0 Å². The molecule has 2 N–H and O–H groups in total. The minimum atomic E-state index is -0.511. The maximum atomic E-state index is 13.2. The van der Waals surface area contributed by atoms with Crippen LogP contribution in [-0.2, 0) is 22.4 Å². The second kappa shape index (κ2) is 8.62. The van der Waals surface area contributed by atoms with Gasteiger partial charge in [-0.2, -0.15) is 9.78 Å². The summed E-state index contributed by atoms with van der Waals surface area (Å²) < 4.78 is 1.47. The number of thiophene rings is 1. The van der Waals surface area contributed by atoms with Crippen LogP contribution in [0, 0.1) is 5.92 Å². The Morgan fingerprint density at radius 2 is 1.97 bits per heavy atom. The molecule has 1 aliphatic carbocycles. The molecule has 176 valence electrons. The normalized spacial score (nSPS) is 17.1. The first-order valence-corrected chi connectivity index (χ1v) is 12.4. The number of fused-ring (bicyclic) bond motifs is 1. The fraction of sp³-hybridized carbons (Fsp3) is 0.240. The Balaban J connectivity index is 1.32. The molecule has 9 nitrogen and oxygen atoms in total. The van der Waals surface area contributed by atoms with E-state index in [4.69, 9.17) is 0 Å². The van der Waals surface area contributed by atoms with E-state index >= 15 is 0 Å². The first-order chi connectivity index (χ1) is 17.1. The average molecular weight is 487 g/mol. The van der Waals surface area contributed by atoms with E-state index in [-0.39, 0.29) is 29.7 Å². The van der Waals surface area contributed by atoms with Crippen molar-refractivity contribution >= 4 is 34.7 Å². The number of hydrogen-bond donors (Lipinski definition) is 2. The van der Waals surface area contributed by atoms with Crippen molar-refractivity contribution < 1.29 is 9.59 Å². The third-order valence-electron chi connectivity index (χ3n) is 6.43. The van der Waals surface area contributed by atoms with Crippen LogP contribution in [0.5, 0.6) is 0 Å². The number of benzene rings is 1. The van der Waals surface area contributed by atoms with E-state index in [0.29, 0.717) is 24.5 Å². The molecule has 2 aliphatic rings. The van der Waals surface area contributed by atoms with Crippen LogP contribution in [-0.4, -0.2) is 38.1 Å². The highest BCUT2D eigenvalue weighted by Gasteiger charge is 2.35. The molecule has 1 unspecified atom stereocenters. The Kier molecular flexibility index (Phi) is 5.29. The first kappa shape index (κ1) is 21.5. The van der Waals surface area contributed by atoms with Gasteiger partial charge in [0.05, 0.1) is 16.5 Å². The molecule has 0 saturated carbocycles. The summed E-state index contributed by atoms with van der Waals surface area (Å²) in [6.07, 6.45) is 2.48. The number of rotatable bonds is 5. The number of para-hydroxylation sites is 1. The van der Waals surface area contributed by atoms with Crippen LogP contribution in [0.15, 0.2) is 58.7 Å². The summed E-state index contributed by atoms with van der Waals surface area (Å²) in [4.78, 5) is 48.5. The van der Waals surface area contributed by atoms with Gasteiger partial charge in [-0.25, -0.2) is 4.98 Å². The largest absolute Gasteiger partial charge is 0.312 e. The maximum absolute atomic E-state index is 13.2. The van der Waals surface area contributed by atoms with Crippen LogP contribution in [0.1, 0.15) is 24.1 Å². The third-order valence-corrected chi connectivity index (χ3v) is 7.32. The van der Waals surface area contributed by atoms with Crippen molar-refractivity contribution in [3.8, 4) is 16.5 Å². The quantitative estimate of drug-likeness (QED) is 0.450. The summed E-state index contributed by atoms with van der Waals surface area (Å²) in [6.45, 7) is 0.300. The zero-order valence-corrected chi connectivity index (χ0v) is 19.5. The molecule has 0 spiro atoms. The van der Waals surface area contributed by atoms with Gasteiger partial charge >= 0.3 is 0 Å². The lowest BCUT2D eigenvalue weighted by molar-refractivity contribution is -0.122. The van der Waals surface area contributed by atoms with Gasteiger partial charge in [-0.05, 0) is 42.8 Å². The number of aromatic nitrogens is 4. The summed E-state index contributed by atoms with van der Waals surface area (Å²) in [7, 11) is 0. The lowest BCUT2D eigenvalue weighted by Gasteiger charge is -2.16. The molecule has 10 heteroatoms. The summed E-state index contributed by atoms with van der Waals surface area (Å²) in [5.74, 6) is -0.219. The summed E-state index contributed by atoms with van der Waals surface area (Å²) in [5, 5.41) is 9.54. The van der Waals surface area contributed by atoms with Crippen LogP contribution in [0.4, 0.5) is 11.5 Å². The van der Waals surface area contributed by atoms with Crippen molar-refractivity contribution in [2.24, 2.45) is 5.92 Å². The van der Waals surface area contributed by atoms with Gasteiger partial charge in [-0.1, -0.05) is 24.3 Å². The maximum Gasteiger partial charge on any atom is 0.255 e. The number of hydrogen-bond acceptors (Lipinski definition) is 6. The van der Waals surface area contributed by atoms with Gasteiger partial charge < -0.3 is 10.2 Å². The highest BCUT2D eigenvalue weighted by atomic mass is 32.1. The van der Waals surface area contributed by atoms with Gasteiger partial charge in [0, 0.05) is 30.3 Å². The van der Waals surface area contributed by atoms with E-state index in [1.165, 1.54) is 16.0 Å². The summed E-state index contributed by atoms with van der Waals surface area (Å²) in [6, 6.07) is 15.0. The van der Waals surface area contributed by atoms with Crippen molar-refractivity contribution in [3.63, 3.8) is 0 Å². The lowest BCUT2D eigenvalue weighted by atomic mass is 10.1. The fourth-order valence-corrected chi connectivity index (χ4v) is 5.36. The molecule has 0 radical (unpaired) electrons. The zero-order valence-electron chi connectivity index (χ0n) is 18.7. The van der Waals surface area contributed by atoms with E-state index < -0.39 is 5.92 Å². The number of carbonyl (C=O) groups is 2. The van der Waals surface area contributed by atoms with Crippen molar-refractivity contribution in [2.75, 3.05) is 16.8 Å². The number of H-pyrrole nitrogens is 1. The molecule has 1 fully saturated rings. The van der Waals surface area contributed by atoms with Gasteiger partial charge in [0.25, 0.3) is 5.56 Å². The second-order valence-corrected chi connectivity index (χ2v) is 9.65. The topological polar surface area (TPSA) is 113 Å². The van der Waals surface area contributed by atoms with E-state index in [1.807, 2.05) is 47.8 Å². The molecule has 35 heavy (non-hydrogen) atoms. The van der Waals surface area contributed by atoms with Crippen molar-refractivity contribution in [1.29, 1.82) is 0 Å². The lowest BCUT2D eigenvalue weighted by Crippen LogP contribution is -2.29. The molecule has 1 aliphatic heterocycles.